The summed E-state index contributed by atoms with van der Waals surface area (Å²) in [7, 11) is 0. The molecule has 0 bridgehead atoms. The summed E-state index contributed by atoms with van der Waals surface area (Å²) in [6.45, 7) is 9.73. The Morgan fingerprint density at radius 3 is 2.27 bits per heavy atom. The second-order valence-electron chi connectivity index (χ2n) is 8.04. The van der Waals surface area contributed by atoms with Crippen LogP contribution in [0.4, 0.5) is 0 Å². The van der Waals surface area contributed by atoms with E-state index in [1.165, 1.54) is 0 Å². The number of nitrogens with one attached hydrogen (secondary N) is 1. The number of ether oxygens (including phenoxy) is 2. The smallest absolute Gasteiger partial charge is 0.329 e. The highest BCUT2D eigenvalue weighted by molar-refractivity contribution is 5.97. The average molecular weight is 452 g/mol. The number of amides is 1. The monoisotopic (exact) mass is 451 g/mol. The summed E-state index contributed by atoms with van der Waals surface area (Å²) in [5, 5.41) is 10.8. The van der Waals surface area contributed by atoms with Crippen LogP contribution < -0.4 is 10.1 Å². The maximum Gasteiger partial charge on any atom is 0.329 e. The first-order chi connectivity index (χ1) is 15.8. The van der Waals surface area contributed by atoms with Gasteiger partial charge in [-0.25, -0.2) is 4.79 Å². The van der Waals surface area contributed by atoms with Crippen LogP contribution in [0.15, 0.2) is 52.9 Å². The highest BCUT2D eigenvalue weighted by atomic mass is 16.6. The van der Waals surface area contributed by atoms with Crippen LogP contribution in [0.1, 0.15) is 55.6 Å². The largest absolute Gasteiger partial charge is 0.494 e. The molecule has 0 fully saturated rings. The van der Waals surface area contributed by atoms with E-state index in [4.69, 9.17) is 13.9 Å². The van der Waals surface area contributed by atoms with Crippen LogP contribution in [0, 0.1) is 12.8 Å². The lowest BCUT2D eigenvalue weighted by atomic mass is 10.0. The Hall–Kier alpha value is -3.68. The minimum atomic E-state index is -0.842. The standard InChI is InChI=1S/C25H29N3O5/c1-6-31-20-13-11-18(12-14-20)22(29)26-21(15(2)3)25(30)32-17(5)23-27-28-24(33-23)19-9-7-16(4)8-10-19/h7-15,17,21H,6H2,1-5H3,(H,26,29)/t17?,21-/m0/s1. The van der Waals surface area contributed by atoms with Gasteiger partial charge in [0, 0.05) is 11.1 Å². The van der Waals surface area contributed by atoms with Crippen LogP contribution in [-0.4, -0.2) is 34.7 Å². The van der Waals surface area contributed by atoms with Crippen molar-refractivity contribution in [1.29, 1.82) is 0 Å². The summed E-state index contributed by atoms with van der Waals surface area (Å²) in [5.41, 5.74) is 2.32. The van der Waals surface area contributed by atoms with Gasteiger partial charge in [-0.3, -0.25) is 4.79 Å². The molecule has 1 unspecified atom stereocenters. The van der Waals surface area contributed by atoms with Gasteiger partial charge in [0.15, 0.2) is 6.10 Å². The lowest BCUT2D eigenvalue weighted by Crippen LogP contribution is -2.45. The Kier molecular flexibility index (Phi) is 7.82. The fraction of sp³-hybridized carbons (Fsp3) is 0.360. The molecule has 2 aromatic carbocycles. The first-order valence-electron chi connectivity index (χ1n) is 10.9. The number of aryl methyl sites for hydroxylation is 1. The van der Waals surface area contributed by atoms with Gasteiger partial charge in [0.1, 0.15) is 11.8 Å². The van der Waals surface area contributed by atoms with Gasteiger partial charge in [0.2, 0.25) is 5.89 Å². The molecule has 33 heavy (non-hydrogen) atoms. The normalized spacial score (nSPS) is 12.8. The van der Waals surface area contributed by atoms with Gasteiger partial charge < -0.3 is 19.2 Å². The molecule has 0 aliphatic rings. The first-order valence-corrected chi connectivity index (χ1v) is 10.9. The molecular weight excluding hydrogens is 422 g/mol. The summed E-state index contributed by atoms with van der Waals surface area (Å²) in [6.07, 6.45) is -0.771. The summed E-state index contributed by atoms with van der Waals surface area (Å²) >= 11 is 0. The fourth-order valence-electron chi connectivity index (χ4n) is 3.10. The van der Waals surface area contributed by atoms with Crippen molar-refractivity contribution in [2.45, 2.75) is 46.8 Å². The zero-order chi connectivity index (χ0) is 24.0. The second-order valence-corrected chi connectivity index (χ2v) is 8.04. The van der Waals surface area contributed by atoms with Crippen molar-refractivity contribution in [2.75, 3.05) is 6.61 Å². The number of hydrogen-bond acceptors (Lipinski definition) is 7. The van der Waals surface area contributed by atoms with Gasteiger partial charge in [-0.15, -0.1) is 10.2 Å². The number of hydrogen-bond donors (Lipinski definition) is 1. The molecular formula is C25H29N3O5. The zero-order valence-electron chi connectivity index (χ0n) is 19.5. The molecule has 0 saturated heterocycles. The van der Waals surface area contributed by atoms with E-state index in [1.807, 2.05) is 52.0 Å². The number of carbonyl (C=O) groups excluding carboxylic acids is 2. The van der Waals surface area contributed by atoms with Gasteiger partial charge in [-0.2, -0.15) is 0 Å². The summed E-state index contributed by atoms with van der Waals surface area (Å²) in [5.74, 6) is 0.0541. The molecule has 0 spiro atoms. The van der Waals surface area contributed by atoms with E-state index in [1.54, 1.807) is 31.2 Å². The van der Waals surface area contributed by atoms with E-state index in [0.29, 0.717) is 23.8 Å². The number of esters is 1. The Balaban J connectivity index is 1.64. The Labute approximate surface area is 193 Å². The van der Waals surface area contributed by atoms with Gasteiger partial charge in [-0.1, -0.05) is 31.5 Å². The van der Waals surface area contributed by atoms with E-state index >= 15 is 0 Å². The second kappa shape index (κ2) is 10.8. The van der Waals surface area contributed by atoms with E-state index in [0.717, 1.165) is 11.1 Å². The number of benzene rings is 2. The molecule has 0 radical (unpaired) electrons. The lowest BCUT2D eigenvalue weighted by molar-refractivity contribution is -0.153. The van der Waals surface area contributed by atoms with Gasteiger partial charge in [-0.05, 0) is 63.1 Å². The average Bonchev–Trinajstić information content (AvgIpc) is 3.28. The van der Waals surface area contributed by atoms with Crippen molar-refractivity contribution in [3.63, 3.8) is 0 Å². The molecule has 1 N–H and O–H groups in total. The van der Waals surface area contributed by atoms with E-state index in [-0.39, 0.29) is 17.7 Å². The number of nitrogens with zero attached hydrogens (tertiary/aromatic N) is 2. The molecule has 1 aromatic heterocycles. The van der Waals surface area contributed by atoms with Gasteiger partial charge in [0.05, 0.1) is 6.61 Å². The van der Waals surface area contributed by atoms with Crippen LogP contribution in [0.2, 0.25) is 0 Å². The van der Waals surface area contributed by atoms with Crippen molar-refractivity contribution in [3.05, 3.63) is 65.5 Å². The third kappa shape index (κ3) is 6.19. The minimum Gasteiger partial charge on any atom is -0.494 e. The quantitative estimate of drug-likeness (QED) is 0.478. The Morgan fingerprint density at radius 2 is 1.67 bits per heavy atom. The van der Waals surface area contributed by atoms with Gasteiger partial charge in [0.25, 0.3) is 11.8 Å². The topological polar surface area (TPSA) is 104 Å². The fourth-order valence-corrected chi connectivity index (χ4v) is 3.10. The molecule has 8 nitrogen and oxygen atoms in total. The van der Waals surface area contributed by atoms with Gasteiger partial charge >= 0.3 is 5.97 Å². The molecule has 174 valence electrons. The van der Waals surface area contributed by atoms with Crippen molar-refractivity contribution >= 4 is 11.9 Å². The molecule has 0 aliphatic heterocycles. The van der Waals surface area contributed by atoms with E-state index in [2.05, 4.69) is 15.5 Å². The van der Waals surface area contributed by atoms with Crippen LogP contribution in [0.5, 0.6) is 5.75 Å². The van der Waals surface area contributed by atoms with Crippen molar-refractivity contribution < 1.29 is 23.5 Å². The molecule has 3 rings (SSSR count). The molecule has 2 atom stereocenters. The van der Waals surface area contributed by atoms with Crippen molar-refractivity contribution in [3.8, 4) is 17.2 Å². The van der Waals surface area contributed by atoms with Crippen LogP contribution >= 0.6 is 0 Å². The number of aromatic nitrogens is 2. The van der Waals surface area contributed by atoms with Crippen LogP contribution in [0.25, 0.3) is 11.5 Å². The van der Waals surface area contributed by atoms with Crippen molar-refractivity contribution in [1.82, 2.24) is 15.5 Å². The van der Waals surface area contributed by atoms with E-state index < -0.39 is 18.1 Å². The molecule has 1 heterocycles. The highest BCUT2D eigenvalue weighted by Gasteiger charge is 2.29. The Morgan fingerprint density at radius 1 is 1.00 bits per heavy atom. The van der Waals surface area contributed by atoms with Crippen LogP contribution in [-0.2, 0) is 9.53 Å². The summed E-state index contributed by atoms with van der Waals surface area (Å²) < 4.78 is 16.6. The maximum atomic E-state index is 12.8. The predicted octanol–water partition coefficient (Wildman–Crippen LogP) is 4.50. The predicted molar refractivity (Wildman–Crippen MR) is 123 cm³/mol. The maximum absolute atomic E-state index is 12.8. The Bertz CT molecular complexity index is 1070. The number of rotatable bonds is 9. The first kappa shape index (κ1) is 24.0. The minimum absolute atomic E-state index is 0.180. The zero-order valence-corrected chi connectivity index (χ0v) is 19.5. The molecule has 0 saturated carbocycles. The summed E-state index contributed by atoms with van der Waals surface area (Å²) in [6, 6.07) is 13.5. The van der Waals surface area contributed by atoms with Crippen LogP contribution in [0.3, 0.4) is 0 Å². The molecule has 0 aliphatic carbocycles. The highest BCUT2D eigenvalue weighted by Crippen LogP contribution is 2.23. The SMILES string of the molecule is CCOc1ccc(C(=O)N[C@H](C(=O)OC(C)c2nnc(-c3ccc(C)cc3)o2)C(C)C)cc1. The summed E-state index contributed by atoms with van der Waals surface area (Å²) in [4.78, 5) is 25.5. The lowest BCUT2D eigenvalue weighted by Gasteiger charge is -2.22. The van der Waals surface area contributed by atoms with Crippen molar-refractivity contribution in [2.24, 2.45) is 5.92 Å². The molecule has 1 amide bonds. The molecule has 8 heteroatoms. The third-order valence-electron chi connectivity index (χ3n) is 5.01. The third-order valence-corrected chi connectivity index (χ3v) is 5.01. The molecule has 3 aromatic rings. The van der Waals surface area contributed by atoms with E-state index in [9.17, 15) is 9.59 Å². The number of carbonyl (C=O) groups is 2.